The number of amides is 1. The van der Waals surface area contributed by atoms with Gasteiger partial charge >= 0.3 is 5.97 Å². The summed E-state index contributed by atoms with van der Waals surface area (Å²) in [6.45, 7) is 2.99. The number of hydrogen-bond acceptors (Lipinski definition) is 4. The van der Waals surface area contributed by atoms with E-state index in [1.54, 1.807) is 13.0 Å². The molecule has 23 heavy (non-hydrogen) atoms. The summed E-state index contributed by atoms with van der Waals surface area (Å²) in [7, 11) is 0. The smallest absolute Gasteiger partial charge is 0.339 e. The van der Waals surface area contributed by atoms with Crippen LogP contribution in [0.15, 0.2) is 36.5 Å². The van der Waals surface area contributed by atoms with E-state index in [-0.39, 0.29) is 11.4 Å². The maximum absolute atomic E-state index is 13.4. The highest BCUT2D eigenvalue weighted by molar-refractivity contribution is 6.30. The standard InChI is InChI=1S/C16H14ClFN2O3/c1-9-3-4-11(7-13(9)18)16(22)23-10(2)15(21)20-14-6-5-12(17)8-19-14/h3-8,10H,1-2H3,(H,19,20,21)/t10-/m0/s1. The Bertz CT molecular complexity index is 735. The van der Waals surface area contributed by atoms with E-state index in [1.165, 1.54) is 31.3 Å². The normalized spacial score (nSPS) is 11.7. The topological polar surface area (TPSA) is 68.3 Å². The second-order valence-corrected chi connectivity index (χ2v) is 5.30. The van der Waals surface area contributed by atoms with Crippen LogP contribution in [0.4, 0.5) is 10.2 Å². The van der Waals surface area contributed by atoms with E-state index in [2.05, 4.69) is 10.3 Å². The summed E-state index contributed by atoms with van der Waals surface area (Å²) in [4.78, 5) is 27.8. The van der Waals surface area contributed by atoms with Gasteiger partial charge in [0.2, 0.25) is 0 Å². The van der Waals surface area contributed by atoms with Gasteiger partial charge in [-0.2, -0.15) is 0 Å². The third-order valence-electron chi connectivity index (χ3n) is 3.04. The number of aryl methyl sites for hydroxylation is 1. The lowest BCUT2D eigenvalue weighted by atomic mass is 10.1. The lowest BCUT2D eigenvalue weighted by Crippen LogP contribution is -2.30. The zero-order chi connectivity index (χ0) is 17.0. The molecule has 0 spiro atoms. The Labute approximate surface area is 137 Å². The summed E-state index contributed by atoms with van der Waals surface area (Å²) in [6, 6.07) is 7.06. The van der Waals surface area contributed by atoms with Crippen molar-refractivity contribution in [3.63, 3.8) is 0 Å². The third kappa shape index (κ3) is 4.50. The van der Waals surface area contributed by atoms with Crippen molar-refractivity contribution in [3.8, 4) is 0 Å². The first-order valence-corrected chi connectivity index (χ1v) is 7.14. The second-order valence-electron chi connectivity index (χ2n) is 4.86. The number of carbonyl (C=O) groups is 2. The van der Waals surface area contributed by atoms with Crippen LogP contribution >= 0.6 is 11.6 Å². The molecule has 0 radical (unpaired) electrons. The molecule has 1 aromatic heterocycles. The van der Waals surface area contributed by atoms with Gasteiger partial charge in [-0.15, -0.1) is 0 Å². The maximum atomic E-state index is 13.4. The molecule has 2 aromatic rings. The van der Waals surface area contributed by atoms with Gasteiger partial charge in [-0.3, -0.25) is 4.79 Å². The van der Waals surface area contributed by atoms with E-state index in [0.717, 1.165) is 6.07 Å². The highest BCUT2D eigenvalue weighted by atomic mass is 35.5. The average molecular weight is 337 g/mol. The van der Waals surface area contributed by atoms with Gasteiger partial charge in [0.05, 0.1) is 10.6 Å². The van der Waals surface area contributed by atoms with Gasteiger partial charge in [-0.1, -0.05) is 17.7 Å². The molecule has 0 saturated heterocycles. The molecule has 0 fully saturated rings. The van der Waals surface area contributed by atoms with E-state index in [4.69, 9.17) is 16.3 Å². The Kier molecular flexibility index (Phi) is 5.28. The summed E-state index contributed by atoms with van der Waals surface area (Å²) in [5.41, 5.74) is 0.457. The molecule has 0 bridgehead atoms. The van der Waals surface area contributed by atoms with Crippen molar-refractivity contribution < 1.29 is 18.7 Å². The molecular weight excluding hydrogens is 323 g/mol. The van der Waals surface area contributed by atoms with Crippen molar-refractivity contribution in [2.75, 3.05) is 5.32 Å². The Morgan fingerprint density at radius 2 is 2.04 bits per heavy atom. The fourth-order valence-corrected chi connectivity index (χ4v) is 1.79. The van der Waals surface area contributed by atoms with Crippen molar-refractivity contribution >= 4 is 29.3 Å². The number of pyridine rings is 1. The molecule has 0 unspecified atom stereocenters. The van der Waals surface area contributed by atoms with Crippen LogP contribution in [0.1, 0.15) is 22.8 Å². The van der Waals surface area contributed by atoms with Gasteiger partial charge in [0.25, 0.3) is 5.91 Å². The molecule has 1 atom stereocenters. The molecule has 1 aromatic carbocycles. The van der Waals surface area contributed by atoms with Crippen molar-refractivity contribution in [2.24, 2.45) is 0 Å². The fourth-order valence-electron chi connectivity index (χ4n) is 1.68. The largest absolute Gasteiger partial charge is 0.449 e. The first kappa shape index (κ1) is 16.9. The Balaban J connectivity index is 1.98. The summed E-state index contributed by atoms with van der Waals surface area (Å²) in [5, 5.41) is 2.92. The Hall–Kier alpha value is -2.47. The minimum Gasteiger partial charge on any atom is -0.449 e. The molecule has 0 aliphatic heterocycles. The number of carbonyl (C=O) groups excluding carboxylic acids is 2. The number of halogens is 2. The van der Waals surface area contributed by atoms with Crippen LogP contribution in [0.5, 0.6) is 0 Å². The summed E-state index contributed by atoms with van der Waals surface area (Å²) in [5.74, 6) is -1.57. The maximum Gasteiger partial charge on any atom is 0.339 e. The third-order valence-corrected chi connectivity index (χ3v) is 3.26. The van der Waals surface area contributed by atoms with Crippen LogP contribution in [0, 0.1) is 12.7 Å². The van der Waals surface area contributed by atoms with Crippen molar-refractivity contribution in [1.82, 2.24) is 4.98 Å². The van der Waals surface area contributed by atoms with Gasteiger partial charge in [0.1, 0.15) is 11.6 Å². The van der Waals surface area contributed by atoms with Gasteiger partial charge in [0.15, 0.2) is 6.10 Å². The zero-order valence-electron chi connectivity index (χ0n) is 12.5. The van der Waals surface area contributed by atoms with Crippen molar-refractivity contribution in [2.45, 2.75) is 20.0 Å². The number of esters is 1. The number of benzene rings is 1. The van der Waals surface area contributed by atoms with Gasteiger partial charge in [-0.25, -0.2) is 14.2 Å². The molecule has 1 heterocycles. The van der Waals surface area contributed by atoms with Gasteiger partial charge < -0.3 is 10.1 Å². The molecule has 0 saturated carbocycles. The Morgan fingerprint density at radius 1 is 1.30 bits per heavy atom. The first-order valence-electron chi connectivity index (χ1n) is 6.76. The van der Waals surface area contributed by atoms with E-state index in [0.29, 0.717) is 10.6 Å². The van der Waals surface area contributed by atoms with Crippen LogP contribution < -0.4 is 5.32 Å². The summed E-state index contributed by atoms with van der Waals surface area (Å²) < 4.78 is 18.5. The molecule has 2 rings (SSSR count). The molecule has 120 valence electrons. The minimum absolute atomic E-state index is 0.0392. The van der Waals surface area contributed by atoms with Crippen LogP contribution in [0.2, 0.25) is 5.02 Å². The number of nitrogens with zero attached hydrogens (tertiary/aromatic N) is 1. The minimum atomic E-state index is -1.07. The highest BCUT2D eigenvalue weighted by Gasteiger charge is 2.20. The van der Waals surface area contributed by atoms with Crippen LogP contribution in [0.25, 0.3) is 0 Å². The second kappa shape index (κ2) is 7.19. The van der Waals surface area contributed by atoms with Crippen LogP contribution in [0.3, 0.4) is 0 Å². The quantitative estimate of drug-likeness (QED) is 0.869. The average Bonchev–Trinajstić information content (AvgIpc) is 2.52. The monoisotopic (exact) mass is 336 g/mol. The SMILES string of the molecule is Cc1ccc(C(=O)O[C@@H](C)C(=O)Nc2ccc(Cl)cn2)cc1F. The molecule has 0 aliphatic rings. The van der Waals surface area contributed by atoms with E-state index >= 15 is 0 Å². The number of anilines is 1. The highest BCUT2D eigenvalue weighted by Crippen LogP contribution is 2.13. The van der Waals surface area contributed by atoms with Crippen LogP contribution in [-0.4, -0.2) is 23.0 Å². The predicted octanol–water partition coefficient (Wildman–Crippen LogP) is 3.37. The van der Waals surface area contributed by atoms with Crippen LogP contribution in [-0.2, 0) is 9.53 Å². The first-order chi connectivity index (χ1) is 10.9. The summed E-state index contributed by atoms with van der Waals surface area (Å²) >= 11 is 5.70. The molecule has 1 N–H and O–H groups in total. The number of hydrogen-bond donors (Lipinski definition) is 1. The molecule has 0 aliphatic carbocycles. The predicted molar refractivity (Wildman–Crippen MR) is 83.9 cm³/mol. The zero-order valence-corrected chi connectivity index (χ0v) is 13.2. The van der Waals surface area contributed by atoms with Crippen molar-refractivity contribution in [1.29, 1.82) is 0 Å². The number of rotatable bonds is 4. The lowest BCUT2D eigenvalue weighted by molar-refractivity contribution is -0.123. The molecular formula is C16H14ClFN2O3. The van der Waals surface area contributed by atoms with E-state index < -0.39 is 23.8 Å². The number of aromatic nitrogens is 1. The Morgan fingerprint density at radius 3 is 2.65 bits per heavy atom. The molecule has 7 heteroatoms. The van der Waals surface area contributed by atoms with Crippen molar-refractivity contribution in [3.05, 3.63) is 58.5 Å². The summed E-state index contributed by atoms with van der Waals surface area (Å²) in [6.07, 6.45) is 0.312. The number of nitrogens with one attached hydrogen (secondary N) is 1. The van der Waals surface area contributed by atoms with Gasteiger partial charge in [0, 0.05) is 6.20 Å². The van der Waals surface area contributed by atoms with E-state index in [1.807, 2.05) is 0 Å². The number of ether oxygens (including phenoxy) is 1. The fraction of sp³-hybridized carbons (Fsp3) is 0.188. The van der Waals surface area contributed by atoms with Gasteiger partial charge in [-0.05, 0) is 43.7 Å². The molecule has 5 nitrogen and oxygen atoms in total. The van der Waals surface area contributed by atoms with E-state index in [9.17, 15) is 14.0 Å². The lowest BCUT2D eigenvalue weighted by Gasteiger charge is -2.13. The molecule has 1 amide bonds.